The standard InChI is InChI=1S/C22H20F2O4/c1-5-10-27-18-12-16(19(24)14-8-9-22(2,3)28-21(14)18)20(25)15-11-13(26-4)6-7-17(15)23/h5-9,11-12H,1,10H2,2-4H3. The van der Waals surface area contributed by atoms with Gasteiger partial charge in [-0.05, 0) is 50.3 Å². The fourth-order valence-corrected chi connectivity index (χ4v) is 2.84. The van der Waals surface area contributed by atoms with E-state index in [-0.39, 0.29) is 40.5 Å². The molecule has 0 spiro atoms. The van der Waals surface area contributed by atoms with Crippen LogP contribution in [0.1, 0.15) is 35.3 Å². The highest BCUT2D eigenvalue weighted by Crippen LogP contribution is 2.42. The van der Waals surface area contributed by atoms with Crippen molar-refractivity contribution in [2.24, 2.45) is 0 Å². The van der Waals surface area contributed by atoms with Gasteiger partial charge >= 0.3 is 0 Å². The smallest absolute Gasteiger partial charge is 0.199 e. The van der Waals surface area contributed by atoms with Gasteiger partial charge in [-0.2, -0.15) is 0 Å². The Morgan fingerprint density at radius 1 is 1.25 bits per heavy atom. The molecule has 1 heterocycles. The summed E-state index contributed by atoms with van der Waals surface area (Å²) >= 11 is 0. The van der Waals surface area contributed by atoms with Gasteiger partial charge in [-0.1, -0.05) is 12.7 Å². The van der Waals surface area contributed by atoms with E-state index in [1.54, 1.807) is 6.08 Å². The number of methoxy groups -OCH3 is 1. The number of carbonyl (C=O) groups is 1. The number of ether oxygens (including phenoxy) is 3. The van der Waals surface area contributed by atoms with Gasteiger partial charge in [-0.3, -0.25) is 4.79 Å². The number of hydrogen-bond acceptors (Lipinski definition) is 4. The minimum atomic E-state index is -0.821. The van der Waals surface area contributed by atoms with E-state index in [4.69, 9.17) is 14.2 Å². The molecule has 0 radical (unpaired) electrons. The predicted molar refractivity (Wildman–Crippen MR) is 102 cm³/mol. The number of rotatable bonds is 6. The first-order valence-corrected chi connectivity index (χ1v) is 8.64. The highest BCUT2D eigenvalue weighted by Gasteiger charge is 2.31. The van der Waals surface area contributed by atoms with E-state index in [1.165, 1.54) is 37.5 Å². The molecule has 146 valence electrons. The van der Waals surface area contributed by atoms with Crippen LogP contribution in [0.4, 0.5) is 8.78 Å². The lowest BCUT2D eigenvalue weighted by atomic mass is 9.95. The van der Waals surface area contributed by atoms with Crippen LogP contribution in [-0.2, 0) is 0 Å². The van der Waals surface area contributed by atoms with Gasteiger partial charge in [0.05, 0.1) is 23.8 Å². The minimum Gasteiger partial charge on any atom is -0.497 e. The Hall–Kier alpha value is -3.15. The summed E-state index contributed by atoms with van der Waals surface area (Å²) < 4.78 is 45.9. The van der Waals surface area contributed by atoms with E-state index in [0.717, 1.165) is 6.07 Å². The van der Waals surface area contributed by atoms with Crippen molar-refractivity contribution < 1.29 is 27.8 Å². The van der Waals surface area contributed by atoms with Crippen LogP contribution in [0.5, 0.6) is 17.2 Å². The van der Waals surface area contributed by atoms with Crippen LogP contribution in [0, 0.1) is 11.6 Å². The van der Waals surface area contributed by atoms with Gasteiger partial charge in [0, 0.05) is 0 Å². The molecule has 0 aliphatic carbocycles. The fourth-order valence-electron chi connectivity index (χ4n) is 2.84. The molecular formula is C22H20F2O4. The van der Waals surface area contributed by atoms with E-state index in [9.17, 15) is 9.18 Å². The van der Waals surface area contributed by atoms with Gasteiger partial charge in [-0.25, -0.2) is 8.78 Å². The Morgan fingerprint density at radius 2 is 2.00 bits per heavy atom. The van der Waals surface area contributed by atoms with Gasteiger partial charge in [0.1, 0.15) is 29.6 Å². The summed E-state index contributed by atoms with van der Waals surface area (Å²) in [6, 6.07) is 4.94. The summed E-state index contributed by atoms with van der Waals surface area (Å²) in [5.41, 5.74) is -1.21. The number of carbonyl (C=O) groups excluding carboxylic acids is 1. The zero-order valence-electron chi connectivity index (χ0n) is 15.8. The van der Waals surface area contributed by atoms with Gasteiger partial charge in [0.25, 0.3) is 0 Å². The molecule has 0 amide bonds. The first kappa shape index (κ1) is 19.6. The summed E-state index contributed by atoms with van der Waals surface area (Å²) in [6.45, 7) is 7.34. The lowest BCUT2D eigenvalue weighted by Gasteiger charge is -2.29. The van der Waals surface area contributed by atoms with Crippen LogP contribution >= 0.6 is 0 Å². The van der Waals surface area contributed by atoms with Crippen molar-refractivity contribution in [3.05, 3.63) is 71.3 Å². The minimum absolute atomic E-state index is 0.0764. The van der Waals surface area contributed by atoms with Crippen LogP contribution in [0.15, 0.2) is 43.0 Å². The average Bonchev–Trinajstić information content (AvgIpc) is 2.66. The summed E-state index contributed by atoms with van der Waals surface area (Å²) in [7, 11) is 1.39. The van der Waals surface area contributed by atoms with E-state index in [2.05, 4.69) is 6.58 Å². The molecule has 0 bridgehead atoms. The van der Waals surface area contributed by atoms with Crippen molar-refractivity contribution in [1.29, 1.82) is 0 Å². The third-order valence-corrected chi connectivity index (χ3v) is 4.25. The molecule has 2 aromatic carbocycles. The fraction of sp³-hybridized carbons (Fsp3) is 0.227. The molecule has 1 aliphatic rings. The summed E-state index contributed by atoms with van der Waals surface area (Å²) in [5, 5.41) is 0. The molecule has 0 atom stereocenters. The predicted octanol–water partition coefficient (Wildman–Crippen LogP) is 4.95. The second kappa shape index (κ2) is 7.46. The molecule has 0 unspecified atom stereocenters. The van der Waals surface area contributed by atoms with Gasteiger partial charge in [0.2, 0.25) is 0 Å². The van der Waals surface area contributed by atoms with E-state index >= 15 is 4.39 Å². The largest absolute Gasteiger partial charge is 0.497 e. The molecule has 1 aliphatic heterocycles. The molecule has 0 fully saturated rings. The zero-order valence-corrected chi connectivity index (χ0v) is 15.8. The summed E-state index contributed by atoms with van der Waals surface area (Å²) in [5.74, 6) is -1.74. The molecule has 4 nitrogen and oxygen atoms in total. The Balaban J connectivity index is 2.17. The first-order chi connectivity index (χ1) is 13.3. The lowest BCUT2D eigenvalue weighted by Crippen LogP contribution is -2.28. The van der Waals surface area contributed by atoms with E-state index < -0.39 is 23.0 Å². The molecule has 0 N–H and O–H groups in total. The number of halogens is 2. The second-order valence-electron chi connectivity index (χ2n) is 6.79. The van der Waals surface area contributed by atoms with Crippen LogP contribution < -0.4 is 14.2 Å². The molecule has 0 saturated carbocycles. The summed E-state index contributed by atoms with van der Waals surface area (Å²) in [6.07, 6.45) is 4.73. The number of ketones is 1. The maximum atomic E-state index is 15.2. The van der Waals surface area contributed by atoms with Gasteiger partial charge in [0.15, 0.2) is 17.3 Å². The third kappa shape index (κ3) is 3.63. The molecule has 2 aromatic rings. The topological polar surface area (TPSA) is 44.8 Å². The molecule has 0 aromatic heterocycles. The third-order valence-electron chi connectivity index (χ3n) is 4.25. The maximum absolute atomic E-state index is 15.2. The maximum Gasteiger partial charge on any atom is 0.199 e. The van der Waals surface area contributed by atoms with Crippen LogP contribution in [0.2, 0.25) is 0 Å². The Kier molecular flexibility index (Phi) is 5.23. The highest BCUT2D eigenvalue weighted by molar-refractivity contribution is 6.10. The van der Waals surface area contributed by atoms with Crippen molar-refractivity contribution in [2.45, 2.75) is 19.4 Å². The Bertz CT molecular complexity index is 977. The lowest BCUT2D eigenvalue weighted by molar-refractivity contribution is 0.103. The SMILES string of the molecule is C=CCOc1cc(C(=O)c2cc(OC)ccc2F)c(F)c2c1OC(C)(C)C=C2. The molecular weight excluding hydrogens is 366 g/mol. The average molecular weight is 386 g/mol. The van der Waals surface area contributed by atoms with Crippen LogP contribution in [0.25, 0.3) is 6.08 Å². The monoisotopic (exact) mass is 386 g/mol. The van der Waals surface area contributed by atoms with E-state index in [0.29, 0.717) is 0 Å². The normalized spacial score (nSPS) is 14.0. The highest BCUT2D eigenvalue weighted by atomic mass is 19.1. The summed E-state index contributed by atoms with van der Waals surface area (Å²) in [4.78, 5) is 12.9. The number of benzene rings is 2. The van der Waals surface area contributed by atoms with Crippen LogP contribution in [0.3, 0.4) is 0 Å². The molecule has 28 heavy (non-hydrogen) atoms. The van der Waals surface area contributed by atoms with Crippen LogP contribution in [-0.4, -0.2) is 25.1 Å². The van der Waals surface area contributed by atoms with Crippen molar-refractivity contribution in [3.63, 3.8) is 0 Å². The molecule has 0 saturated heterocycles. The van der Waals surface area contributed by atoms with Gasteiger partial charge in [-0.15, -0.1) is 0 Å². The Labute approximate surface area is 162 Å². The Morgan fingerprint density at radius 3 is 2.68 bits per heavy atom. The number of hydrogen-bond donors (Lipinski definition) is 0. The first-order valence-electron chi connectivity index (χ1n) is 8.64. The van der Waals surface area contributed by atoms with Crippen molar-refractivity contribution in [1.82, 2.24) is 0 Å². The number of fused-ring (bicyclic) bond motifs is 1. The molecule has 3 rings (SSSR count). The quantitative estimate of drug-likeness (QED) is 0.520. The second-order valence-corrected chi connectivity index (χ2v) is 6.79. The van der Waals surface area contributed by atoms with Crippen molar-refractivity contribution in [2.75, 3.05) is 13.7 Å². The van der Waals surface area contributed by atoms with E-state index in [1.807, 2.05) is 13.8 Å². The molecule has 6 heteroatoms. The van der Waals surface area contributed by atoms with Crippen molar-refractivity contribution in [3.8, 4) is 17.2 Å². The van der Waals surface area contributed by atoms with Crippen molar-refractivity contribution >= 4 is 11.9 Å². The zero-order chi connectivity index (χ0) is 20.5. The van der Waals surface area contributed by atoms with Gasteiger partial charge < -0.3 is 14.2 Å².